The second-order valence-electron chi connectivity index (χ2n) is 5.31. The molecule has 0 saturated carbocycles. The van der Waals surface area contributed by atoms with E-state index in [0.717, 1.165) is 6.07 Å². The van der Waals surface area contributed by atoms with Crippen LogP contribution in [0.5, 0.6) is 0 Å². The SMILES string of the molecule is Cc1cccc([N+](=O)[O-])c1S(=O)(=O)NC(CO)CC(C)C. The van der Waals surface area contributed by atoms with Crippen LogP contribution >= 0.6 is 0 Å². The van der Waals surface area contributed by atoms with E-state index in [1.165, 1.54) is 19.1 Å². The van der Waals surface area contributed by atoms with Crippen LogP contribution in [0.3, 0.4) is 0 Å². The van der Waals surface area contributed by atoms with Crippen molar-refractivity contribution in [2.45, 2.75) is 38.1 Å². The number of aliphatic hydroxyl groups is 1. The normalized spacial score (nSPS) is 13.4. The second kappa shape index (κ2) is 6.97. The molecule has 0 aromatic heterocycles. The van der Waals surface area contributed by atoms with Crippen LogP contribution in [-0.2, 0) is 10.0 Å². The van der Waals surface area contributed by atoms with Crippen molar-refractivity contribution in [3.8, 4) is 0 Å². The van der Waals surface area contributed by atoms with Gasteiger partial charge < -0.3 is 5.11 Å². The Kier molecular flexibility index (Phi) is 5.82. The average Bonchev–Trinajstić information content (AvgIpc) is 2.36. The molecule has 0 saturated heterocycles. The molecule has 1 atom stereocenters. The smallest absolute Gasteiger partial charge is 0.289 e. The number of nitrogens with zero attached hydrogens (tertiary/aromatic N) is 1. The van der Waals surface area contributed by atoms with Crippen LogP contribution in [0.2, 0.25) is 0 Å². The summed E-state index contributed by atoms with van der Waals surface area (Å²) in [6, 6.07) is 3.41. The zero-order chi connectivity index (χ0) is 16.2. The maximum Gasteiger partial charge on any atom is 0.289 e. The maximum absolute atomic E-state index is 12.4. The molecule has 0 fully saturated rings. The summed E-state index contributed by atoms with van der Waals surface area (Å²) in [5.41, 5.74) is -0.179. The van der Waals surface area contributed by atoms with Crippen molar-refractivity contribution >= 4 is 15.7 Å². The number of nitro groups is 1. The van der Waals surface area contributed by atoms with E-state index in [9.17, 15) is 23.6 Å². The molecule has 1 aromatic carbocycles. The summed E-state index contributed by atoms with van der Waals surface area (Å²) in [6.45, 7) is 4.93. The third-order valence-corrected chi connectivity index (χ3v) is 4.67. The number of nitro benzene ring substituents is 1. The Morgan fingerprint density at radius 2 is 2.00 bits per heavy atom. The Labute approximate surface area is 124 Å². The molecule has 0 aliphatic heterocycles. The highest BCUT2D eigenvalue weighted by Gasteiger charge is 2.29. The van der Waals surface area contributed by atoms with Crippen LogP contribution in [0, 0.1) is 23.0 Å². The summed E-state index contributed by atoms with van der Waals surface area (Å²) >= 11 is 0. The van der Waals surface area contributed by atoms with E-state index < -0.39 is 26.7 Å². The van der Waals surface area contributed by atoms with Crippen LogP contribution in [0.15, 0.2) is 23.1 Å². The highest BCUT2D eigenvalue weighted by molar-refractivity contribution is 7.89. The molecular formula is C13H20N2O5S. The number of aliphatic hydroxyl groups excluding tert-OH is 1. The van der Waals surface area contributed by atoms with Crippen LogP contribution in [0.4, 0.5) is 5.69 Å². The molecule has 21 heavy (non-hydrogen) atoms. The standard InChI is InChI=1S/C13H20N2O5S/c1-9(2)7-11(8-16)14-21(19,20)13-10(3)5-4-6-12(13)15(17)18/h4-6,9,11,14,16H,7-8H2,1-3H3. The molecule has 118 valence electrons. The minimum Gasteiger partial charge on any atom is -0.395 e. The summed E-state index contributed by atoms with van der Waals surface area (Å²) in [5, 5.41) is 20.3. The molecule has 0 spiro atoms. The van der Waals surface area contributed by atoms with Gasteiger partial charge in [0.05, 0.1) is 11.5 Å². The molecule has 1 unspecified atom stereocenters. The van der Waals surface area contributed by atoms with E-state index in [0.29, 0.717) is 6.42 Å². The fraction of sp³-hybridized carbons (Fsp3) is 0.538. The Morgan fingerprint density at radius 1 is 1.38 bits per heavy atom. The van der Waals surface area contributed by atoms with Crippen LogP contribution in [-0.4, -0.2) is 31.1 Å². The first-order valence-electron chi connectivity index (χ1n) is 6.56. The van der Waals surface area contributed by atoms with E-state index >= 15 is 0 Å². The Balaban J connectivity index is 3.22. The van der Waals surface area contributed by atoms with Crippen LogP contribution in [0.25, 0.3) is 0 Å². The third kappa shape index (κ3) is 4.48. The Hall–Kier alpha value is -1.51. The number of hydrogen-bond donors (Lipinski definition) is 2. The fourth-order valence-electron chi connectivity index (χ4n) is 2.14. The molecule has 0 amide bonds. The van der Waals surface area contributed by atoms with Crippen molar-refractivity contribution in [3.05, 3.63) is 33.9 Å². The van der Waals surface area contributed by atoms with E-state index in [1.807, 2.05) is 13.8 Å². The number of sulfonamides is 1. The lowest BCUT2D eigenvalue weighted by Gasteiger charge is -2.19. The number of nitrogens with one attached hydrogen (secondary N) is 1. The Bertz CT molecular complexity index is 613. The van der Waals surface area contributed by atoms with Gasteiger partial charge in [-0.05, 0) is 24.8 Å². The third-order valence-electron chi connectivity index (χ3n) is 2.95. The van der Waals surface area contributed by atoms with E-state index in [-0.39, 0.29) is 23.0 Å². The lowest BCUT2D eigenvalue weighted by molar-refractivity contribution is -0.387. The van der Waals surface area contributed by atoms with Gasteiger partial charge in [0.2, 0.25) is 10.0 Å². The first kappa shape index (κ1) is 17.5. The van der Waals surface area contributed by atoms with Gasteiger partial charge in [-0.3, -0.25) is 10.1 Å². The molecule has 0 aliphatic rings. The van der Waals surface area contributed by atoms with Gasteiger partial charge in [-0.25, -0.2) is 13.1 Å². The van der Waals surface area contributed by atoms with Gasteiger partial charge in [-0.15, -0.1) is 0 Å². The molecule has 7 nitrogen and oxygen atoms in total. The van der Waals surface area contributed by atoms with Crippen molar-refractivity contribution in [1.29, 1.82) is 0 Å². The summed E-state index contributed by atoms with van der Waals surface area (Å²) in [5.74, 6) is 0.178. The molecule has 8 heteroatoms. The van der Waals surface area contributed by atoms with Gasteiger partial charge >= 0.3 is 0 Å². The van der Waals surface area contributed by atoms with Gasteiger partial charge in [0.15, 0.2) is 4.90 Å². The summed E-state index contributed by atoms with van der Waals surface area (Å²) < 4.78 is 27.1. The predicted molar refractivity (Wildman–Crippen MR) is 78.5 cm³/mol. The predicted octanol–water partition coefficient (Wildman–Crippen LogP) is 1.59. The summed E-state index contributed by atoms with van der Waals surface area (Å²) in [7, 11) is -4.08. The van der Waals surface area contributed by atoms with E-state index in [2.05, 4.69) is 4.72 Å². The van der Waals surface area contributed by atoms with Gasteiger partial charge in [-0.1, -0.05) is 26.0 Å². The first-order chi connectivity index (χ1) is 9.69. The molecule has 0 heterocycles. The first-order valence-corrected chi connectivity index (χ1v) is 8.04. The molecular weight excluding hydrogens is 296 g/mol. The highest BCUT2D eigenvalue weighted by Crippen LogP contribution is 2.27. The lowest BCUT2D eigenvalue weighted by Crippen LogP contribution is -2.38. The molecule has 2 N–H and O–H groups in total. The second-order valence-corrected chi connectivity index (χ2v) is 6.96. The molecule has 0 aliphatic carbocycles. The van der Waals surface area contributed by atoms with Crippen molar-refractivity contribution in [2.75, 3.05) is 6.61 Å². The van der Waals surface area contributed by atoms with Gasteiger partial charge in [-0.2, -0.15) is 0 Å². The zero-order valence-electron chi connectivity index (χ0n) is 12.2. The summed E-state index contributed by atoms with van der Waals surface area (Å²) in [6.07, 6.45) is 0.440. The van der Waals surface area contributed by atoms with Gasteiger partial charge in [0, 0.05) is 12.1 Å². The van der Waals surface area contributed by atoms with Crippen LogP contribution in [0.1, 0.15) is 25.8 Å². The van der Waals surface area contributed by atoms with Crippen molar-refractivity contribution in [1.82, 2.24) is 4.72 Å². The molecule has 0 radical (unpaired) electrons. The molecule has 1 aromatic rings. The topological polar surface area (TPSA) is 110 Å². The van der Waals surface area contributed by atoms with Gasteiger partial charge in [0.1, 0.15) is 0 Å². The van der Waals surface area contributed by atoms with E-state index in [1.54, 1.807) is 0 Å². The summed E-state index contributed by atoms with van der Waals surface area (Å²) in [4.78, 5) is 9.94. The lowest BCUT2D eigenvalue weighted by atomic mass is 10.1. The average molecular weight is 316 g/mol. The van der Waals surface area contributed by atoms with Crippen LogP contribution < -0.4 is 4.72 Å². The van der Waals surface area contributed by atoms with Crippen molar-refractivity contribution in [3.63, 3.8) is 0 Å². The monoisotopic (exact) mass is 316 g/mol. The van der Waals surface area contributed by atoms with Gasteiger partial charge in [0.25, 0.3) is 5.69 Å². The number of aryl methyl sites for hydroxylation is 1. The van der Waals surface area contributed by atoms with Crippen molar-refractivity contribution < 1.29 is 18.4 Å². The minimum atomic E-state index is -4.08. The van der Waals surface area contributed by atoms with Crippen molar-refractivity contribution in [2.24, 2.45) is 5.92 Å². The Morgan fingerprint density at radius 3 is 2.48 bits per heavy atom. The molecule has 0 bridgehead atoms. The number of benzene rings is 1. The maximum atomic E-state index is 12.4. The highest BCUT2D eigenvalue weighted by atomic mass is 32.2. The van der Waals surface area contributed by atoms with E-state index in [4.69, 9.17) is 0 Å². The minimum absolute atomic E-state index is 0.178. The zero-order valence-corrected chi connectivity index (χ0v) is 13.1. The number of rotatable bonds is 7. The molecule has 1 rings (SSSR count). The number of hydrogen-bond acceptors (Lipinski definition) is 5. The fourth-order valence-corrected chi connectivity index (χ4v) is 3.77. The quantitative estimate of drug-likeness (QED) is 0.586. The largest absolute Gasteiger partial charge is 0.395 e.